The van der Waals surface area contributed by atoms with E-state index in [1.807, 2.05) is 0 Å². The third kappa shape index (κ3) is 5.35. The molecule has 0 radical (unpaired) electrons. The maximum Gasteiger partial charge on any atom is 0.303 e. The minimum atomic E-state index is -0.890. The molecule has 2 unspecified atom stereocenters. The molecule has 4 nitrogen and oxygen atoms in total. The maximum absolute atomic E-state index is 10.7. The standard InChI is InChI=1S/C10H16O4/c1-4-5-9(14-8(3)11)7(2)6-10(12)13/h4-5,7,9H,6H2,1-3H3,(H,12,13)/b5-4+. The van der Waals surface area contributed by atoms with Gasteiger partial charge in [0.25, 0.3) is 0 Å². The highest BCUT2D eigenvalue weighted by atomic mass is 16.5. The van der Waals surface area contributed by atoms with Gasteiger partial charge in [-0.25, -0.2) is 0 Å². The van der Waals surface area contributed by atoms with Crippen molar-refractivity contribution in [2.24, 2.45) is 5.92 Å². The van der Waals surface area contributed by atoms with Crippen LogP contribution >= 0.6 is 0 Å². The summed E-state index contributed by atoms with van der Waals surface area (Å²) >= 11 is 0. The van der Waals surface area contributed by atoms with Crippen molar-refractivity contribution in [1.29, 1.82) is 0 Å². The highest BCUT2D eigenvalue weighted by molar-refractivity contribution is 5.68. The number of allylic oxidation sites excluding steroid dienone is 1. The topological polar surface area (TPSA) is 63.6 Å². The van der Waals surface area contributed by atoms with Gasteiger partial charge in [0.15, 0.2) is 0 Å². The van der Waals surface area contributed by atoms with Crippen molar-refractivity contribution < 1.29 is 19.4 Å². The molecule has 80 valence electrons. The van der Waals surface area contributed by atoms with Gasteiger partial charge in [0.1, 0.15) is 6.10 Å². The van der Waals surface area contributed by atoms with Crippen molar-refractivity contribution in [2.75, 3.05) is 0 Å². The molecule has 0 amide bonds. The van der Waals surface area contributed by atoms with Crippen molar-refractivity contribution in [3.05, 3.63) is 12.2 Å². The lowest BCUT2D eigenvalue weighted by Gasteiger charge is -2.18. The molecule has 0 fully saturated rings. The Morgan fingerprint density at radius 3 is 2.43 bits per heavy atom. The Balaban J connectivity index is 4.31. The molecule has 1 N–H and O–H groups in total. The summed E-state index contributed by atoms with van der Waals surface area (Å²) in [6, 6.07) is 0. The molecule has 0 aromatic carbocycles. The van der Waals surface area contributed by atoms with Crippen LogP contribution in [0.4, 0.5) is 0 Å². The smallest absolute Gasteiger partial charge is 0.303 e. The lowest BCUT2D eigenvalue weighted by atomic mass is 10.0. The molecule has 14 heavy (non-hydrogen) atoms. The second-order valence-corrected chi connectivity index (χ2v) is 3.17. The van der Waals surface area contributed by atoms with Gasteiger partial charge in [-0.3, -0.25) is 9.59 Å². The van der Waals surface area contributed by atoms with Crippen molar-refractivity contribution in [3.63, 3.8) is 0 Å². The first-order valence-electron chi connectivity index (χ1n) is 4.49. The van der Waals surface area contributed by atoms with Gasteiger partial charge in [0, 0.05) is 12.8 Å². The summed E-state index contributed by atoms with van der Waals surface area (Å²) in [6.07, 6.45) is 2.97. The van der Waals surface area contributed by atoms with Crippen LogP contribution in [0.25, 0.3) is 0 Å². The van der Waals surface area contributed by atoms with Gasteiger partial charge in [0.05, 0.1) is 6.42 Å². The molecular weight excluding hydrogens is 184 g/mol. The molecule has 0 rings (SSSR count). The van der Waals surface area contributed by atoms with Crippen LogP contribution in [-0.4, -0.2) is 23.1 Å². The number of carbonyl (C=O) groups is 2. The minimum Gasteiger partial charge on any atom is -0.481 e. The van der Waals surface area contributed by atoms with E-state index in [2.05, 4.69) is 0 Å². The van der Waals surface area contributed by atoms with Crippen molar-refractivity contribution >= 4 is 11.9 Å². The average Bonchev–Trinajstić information content (AvgIpc) is 2.01. The van der Waals surface area contributed by atoms with Crippen molar-refractivity contribution in [2.45, 2.75) is 33.3 Å². The van der Waals surface area contributed by atoms with E-state index < -0.39 is 18.0 Å². The predicted molar refractivity (Wildman–Crippen MR) is 51.8 cm³/mol. The Kier molecular flexibility index (Phi) is 5.60. The van der Waals surface area contributed by atoms with E-state index in [9.17, 15) is 9.59 Å². The molecule has 0 spiro atoms. The quantitative estimate of drug-likeness (QED) is 0.541. The summed E-state index contributed by atoms with van der Waals surface area (Å²) in [7, 11) is 0. The number of carboxylic acid groups (broad SMARTS) is 1. The molecule has 0 saturated heterocycles. The highest BCUT2D eigenvalue weighted by Crippen LogP contribution is 2.13. The molecule has 0 heterocycles. The van der Waals surface area contributed by atoms with Gasteiger partial charge in [0.2, 0.25) is 0 Å². The predicted octanol–water partition coefficient (Wildman–Crippen LogP) is 1.60. The molecule has 0 aromatic heterocycles. The number of rotatable bonds is 5. The van der Waals surface area contributed by atoms with Crippen LogP contribution in [0.1, 0.15) is 27.2 Å². The van der Waals surface area contributed by atoms with Crippen molar-refractivity contribution in [1.82, 2.24) is 0 Å². The van der Waals surface area contributed by atoms with E-state index in [4.69, 9.17) is 9.84 Å². The summed E-state index contributed by atoms with van der Waals surface area (Å²) in [6.45, 7) is 4.84. The molecule has 0 aliphatic heterocycles. The normalized spacial score (nSPS) is 15.1. The number of carboxylic acids is 1. The van der Waals surface area contributed by atoms with Crippen LogP contribution in [0.2, 0.25) is 0 Å². The highest BCUT2D eigenvalue weighted by Gasteiger charge is 2.19. The summed E-state index contributed by atoms with van der Waals surface area (Å²) < 4.78 is 4.96. The Morgan fingerprint density at radius 1 is 1.50 bits per heavy atom. The lowest BCUT2D eigenvalue weighted by molar-refractivity contribution is -0.149. The second-order valence-electron chi connectivity index (χ2n) is 3.17. The maximum atomic E-state index is 10.7. The first kappa shape index (κ1) is 12.7. The number of hydrogen-bond donors (Lipinski definition) is 1. The van der Waals surface area contributed by atoms with Gasteiger partial charge in [-0.15, -0.1) is 0 Å². The van der Waals surface area contributed by atoms with Crippen LogP contribution in [0, 0.1) is 5.92 Å². The van der Waals surface area contributed by atoms with Crippen LogP contribution in [-0.2, 0) is 14.3 Å². The molecule has 4 heteroatoms. The Hall–Kier alpha value is -1.32. The van der Waals surface area contributed by atoms with Crippen molar-refractivity contribution in [3.8, 4) is 0 Å². The lowest BCUT2D eigenvalue weighted by Crippen LogP contribution is -2.24. The SMILES string of the molecule is C/C=C/C(OC(C)=O)C(C)CC(=O)O. The van der Waals surface area contributed by atoms with E-state index >= 15 is 0 Å². The average molecular weight is 200 g/mol. The number of hydrogen-bond acceptors (Lipinski definition) is 3. The molecule has 0 aliphatic carbocycles. The monoisotopic (exact) mass is 200 g/mol. The van der Waals surface area contributed by atoms with E-state index in [-0.39, 0.29) is 12.3 Å². The third-order valence-electron chi connectivity index (χ3n) is 1.74. The number of ether oxygens (including phenoxy) is 1. The number of esters is 1. The third-order valence-corrected chi connectivity index (χ3v) is 1.74. The molecule has 2 atom stereocenters. The molecule has 0 aromatic rings. The van der Waals surface area contributed by atoms with Crippen LogP contribution in [0.3, 0.4) is 0 Å². The Morgan fingerprint density at radius 2 is 2.07 bits per heavy atom. The molecule has 0 aliphatic rings. The summed E-state index contributed by atoms with van der Waals surface area (Å²) in [4.78, 5) is 21.2. The fraction of sp³-hybridized carbons (Fsp3) is 0.600. The van der Waals surface area contributed by atoms with Gasteiger partial charge in [-0.1, -0.05) is 13.0 Å². The summed E-state index contributed by atoms with van der Waals surface area (Å²) in [5, 5.41) is 8.57. The Labute approximate surface area is 83.6 Å². The molecule has 0 bridgehead atoms. The van der Waals surface area contributed by atoms with E-state index in [1.165, 1.54) is 6.92 Å². The van der Waals surface area contributed by atoms with Crippen LogP contribution in [0.15, 0.2) is 12.2 Å². The first-order valence-corrected chi connectivity index (χ1v) is 4.49. The fourth-order valence-electron chi connectivity index (χ4n) is 1.12. The molecule has 0 saturated carbocycles. The van der Waals surface area contributed by atoms with Gasteiger partial charge in [-0.05, 0) is 13.0 Å². The Bertz CT molecular complexity index is 232. The number of aliphatic carboxylic acids is 1. The van der Waals surface area contributed by atoms with E-state index in [1.54, 1.807) is 26.0 Å². The van der Waals surface area contributed by atoms with Gasteiger partial charge < -0.3 is 9.84 Å². The fourth-order valence-corrected chi connectivity index (χ4v) is 1.12. The zero-order valence-electron chi connectivity index (χ0n) is 8.69. The van der Waals surface area contributed by atoms with E-state index in [0.717, 1.165) is 0 Å². The number of carbonyl (C=O) groups excluding carboxylic acids is 1. The van der Waals surface area contributed by atoms with Crippen LogP contribution < -0.4 is 0 Å². The minimum absolute atomic E-state index is 0.0116. The summed E-state index contributed by atoms with van der Waals surface area (Å²) in [5.74, 6) is -1.50. The first-order chi connectivity index (χ1) is 6.47. The largest absolute Gasteiger partial charge is 0.481 e. The second kappa shape index (κ2) is 6.18. The van der Waals surface area contributed by atoms with Gasteiger partial charge in [-0.2, -0.15) is 0 Å². The molecular formula is C10H16O4. The zero-order valence-corrected chi connectivity index (χ0v) is 8.69. The van der Waals surface area contributed by atoms with E-state index in [0.29, 0.717) is 0 Å². The van der Waals surface area contributed by atoms with Gasteiger partial charge >= 0.3 is 11.9 Å². The zero-order chi connectivity index (χ0) is 11.1. The summed E-state index contributed by atoms with van der Waals surface area (Å²) in [5.41, 5.74) is 0. The van der Waals surface area contributed by atoms with Crippen LogP contribution in [0.5, 0.6) is 0 Å².